The van der Waals surface area contributed by atoms with E-state index < -0.39 is 29.1 Å². The quantitative estimate of drug-likeness (QED) is 0.622. The van der Waals surface area contributed by atoms with Crippen LogP contribution in [-0.2, 0) is 4.74 Å². The van der Waals surface area contributed by atoms with Gasteiger partial charge < -0.3 is 19.8 Å². The van der Waals surface area contributed by atoms with Gasteiger partial charge in [0.25, 0.3) is 0 Å². The van der Waals surface area contributed by atoms with Gasteiger partial charge in [0.15, 0.2) is 5.67 Å². The molecule has 3 fully saturated rings. The smallest absolute Gasteiger partial charge is 0.158 e. The summed E-state index contributed by atoms with van der Waals surface area (Å²) in [6.45, 7) is 2.28. The number of nitrogens with zero attached hydrogens (tertiary/aromatic N) is 3. The fourth-order valence-electron chi connectivity index (χ4n) is 8.58. The number of aliphatic hydroxyl groups excluding tert-OH is 2. The summed E-state index contributed by atoms with van der Waals surface area (Å²) in [7, 11) is 3.83. The number of likely N-dealkylation sites (N-methyl/N-ethyl adjacent to an activating group) is 1. The Bertz CT molecular complexity index is 1330. The summed E-state index contributed by atoms with van der Waals surface area (Å²) in [4.78, 5) is 1.95. The largest absolute Gasteiger partial charge is 0.388 e. The van der Waals surface area contributed by atoms with Crippen molar-refractivity contribution in [1.82, 2.24) is 15.1 Å². The summed E-state index contributed by atoms with van der Waals surface area (Å²) < 4.78 is 24.1. The number of hydrogen-bond donors (Lipinski definition) is 2. The molecule has 36 heavy (non-hydrogen) atoms. The summed E-state index contributed by atoms with van der Waals surface area (Å²) in [5.41, 5.74) is 0.265. The Morgan fingerprint density at radius 1 is 1.11 bits per heavy atom. The molecule has 2 N–H and O–H groups in total. The minimum Gasteiger partial charge on any atom is -0.388 e. The second-order valence-corrected chi connectivity index (χ2v) is 12.2. The highest BCUT2D eigenvalue weighted by Crippen LogP contribution is 2.71. The Morgan fingerprint density at radius 2 is 1.94 bits per heavy atom. The number of allylic oxidation sites excluding steroid dienone is 2. The molecule has 2 aromatic rings. The Kier molecular flexibility index (Phi) is 4.61. The van der Waals surface area contributed by atoms with Crippen LogP contribution in [0, 0.1) is 11.3 Å². The number of rotatable bonds is 2. The van der Waals surface area contributed by atoms with Crippen LogP contribution in [0.1, 0.15) is 51.0 Å². The van der Waals surface area contributed by atoms with Crippen LogP contribution in [-0.4, -0.2) is 74.5 Å². The number of aromatic nitrogens is 2. The third kappa shape index (κ3) is 2.70. The average molecular weight is 492 g/mol. The molecule has 2 aliphatic heterocycles. The number of halogens is 1. The van der Waals surface area contributed by atoms with Crippen molar-refractivity contribution in [1.29, 1.82) is 0 Å². The van der Waals surface area contributed by atoms with Gasteiger partial charge in [0, 0.05) is 17.3 Å². The molecule has 3 aliphatic carbocycles. The minimum absolute atomic E-state index is 0.00437. The van der Waals surface area contributed by atoms with Crippen molar-refractivity contribution >= 4 is 16.5 Å². The zero-order valence-corrected chi connectivity index (χ0v) is 21.1. The molecule has 1 aromatic heterocycles. The topological polar surface area (TPSA) is 78.7 Å². The average Bonchev–Trinajstić information content (AvgIpc) is 3.39. The Balaban J connectivity index is 1.30. The standard InChI is InChI=1S/C29H34FN3O3/c1-26-9-11-28(30)15-20-24(34)25(35)22(33(2)3)16-27(20)10-12-29(28,36-27)23(26)7-6-19(26)18-5-4-17-8-13-31-32-21(17)14-18/h4-6,8,13-15,22-25,34-35H,7,9-12,16H2,1-3H3. The highest BCUT2D eigenvalue weighted by atomic mass is 19.1. The second kappa shape index (κ2) is 7.22. The van der Waals surface area contributed by atoms with Crippen molar-refractivity contribution in [3.63, 3.8) is 0 Å². The molecule has 8 atom stereocenters. The molecule has 6 nitrogen and oxygen atoms in total. The van der Waals surface area contributed by atoms with Crippen molar-refractivity contribution in [2.75, 3.05) is 14.1 Å². The predicted molar refractivity (Wildman–Crippen MR) is 135 cm³/mol. The maximum absolute atomic E-state index is 17.1. The van der Waals surface area contributed by atoms with Crippen LogP contribution in [0.15, 0.2) is 48.2 Å². The van der Waals surface area contributed by atoms with Crippen LogP contribution in [0.3, 0.4) is 0 Å². The Labute approximate surface area is 210 Å². The fourth-order valence-corrected chi connectivity index (χ4v) is 8.58. The van der Waals surface area contributed by atoms with E-state index >= 15 is 4.39 Å². The zero-order chi connectivity index (χ0) is 25.1. The number of aliphatic hydroxyl groups is 2. The van der Waals surface area contributed by atoms with E-state index in [-0.39, 0.29) is 17.4 Å². The summed E-state index contributed by atoms with van der Waals surface area (Å²) in [5.74, 6) is -0.00437. The highest BCUT2D eigenvalue weighted by Gasteiger charge is 2.74. The van der Waals surface area contributed by atoms with Gasteiger partial charge in [0.1, 0.15) is 11.7 Å². The number of alkyl halides is 1. The number of ether oxygens (including phenoxy) is 1. The van der Waals surface area contributed by atoms with Crippen molar-refractivity contribution in [2.24, 2.45) is 11.3 Å². The second-order valence-electron chi connectivity index (χ2n) is 12.2. The van der Waals surface area contributed by atoms with Gasteiger partial charge in [-0.1, -0.05) is 25.1 Å². The van der Waals surface area contributed by atoms with Crippen LogP contribution >= 0.6 is 0 Å². The first-order valence-corrected chi connectivity index (χ1v) is 13.2. The van der Waals surface area contributed by atoms with Crippen molar-refractivity contribution < 1.29 is 19.3 Å². The van der Waals surface area contributed by atoms with Gasteiger partial charge in [-0.15, -0.1) is 0 Å². The third-order valence-corrected chi connectivity index (χ3v) is 10.5. The van der Waals surface area contributed by atoms with Crippen LogP contribution in [0.2, 0.25) is 0 Å². The normalized spacial score (nSPS) is 45.2. The molecular weight excluding hydrogens is 457 g/mol. The lowest BCUT2D eigenvalue weighted by Gasteiger charge is -2.60. The molecule has 7 rings (SSSR count). The molecular formula is C29H34FN3O3. The molecule has 2 saturated carbocycles. The number of hydrogen-bond acceptors (Lipinski definition) is 6. The zero-order valence-electron chi connectivity index (χ0n) is 21.1. The first-order valence-electron chi connectivity index (χ1n) is 13.2. The predicted octanol–water partition coefficient (Wildman–Crippen LogP) is 3.83. The Hall–Kier alpha value is -2.19. The lowest BCUT2D eigenvalue weighted by atomic mass is 9.53. The molecule has 0 radical (unpaired) electrons. The van der Waals surface area contributed by atoms with Crippen LogP contribution in [0.4, 0.5) is 4.39 Å². The summed E-state index contributed by atoms with van der Waals surface area (Å²) in [6.07, 6.45) is 7.26. The first-order chi connectivity index (χ1) is 17.1. The van der Waals surface area contributed by atoms with Gasteiger partial charge in [-0.25, -0.2) is 4.39 Å². The van der Waals surface area contributed by atoms with E-state index in [2.05, 4.69) is 41.4 Å². The van der Waals surface area contributed by atoms with Gasteiger partial charge in [-0.05, 0) is 93.0 Å². The van der Waals surface area contributed by atoms with E-state index in [9.17, 15) is 10.2 Å². The van der Waals surface area contributed by atoms with Crippen molar-refractivity contribution in [3.8, 4) is 0 Å². The van der Waals surface area contributed by atoms with E-state index in [0.29, 0.717) is 37.7 Å². The van der Waals surface area contributed by atoms with E-state index in [4.69, 9.17) is 4.74 Å². The van der Waals surface area contributed by atoms with Gasteiger partial charge in [-0.2, -0.15) is 10.2 Å². The molecule has 190 valence electrons. The van der Waals surface area contributed by atoms with Gasteiger partial charge in [0.2, 0.25) is 0 Å². The van der Waals surface area contributed by atoms with E-state index in [1.54, 1.807) is 12.3 Å². The first kappa shape index (κ1) is 23.0. The van der Waals surface area contributed by atoms with E-state index in [1.165, 1.54) is 5.57 Å². The lowest BCUT2D eigenvalue weighted by molar-refractivity contribution is -0.239. The summed E-state index contributed by atoms with van der Waals surface area (Å²) >= 11 is 0. The van der Waals surface area contributed by atoms with Crippen molar-refractivity contribution in [3.05, 3.63) is 53.8 Å². The molecule has 0 amide bonds. The molecule has 3 heterocycles. The summed E-state index contributed by atoms with van der Waals surface area (Å²) in [5, 5.41) is 31.4. The van der Waals surface area contributed by atoms with Gasteiger partial charge in [-0.3, -0.25) is 0 Å². The van der Waals surface area contributed by atoms with Crippen LogP contribution in [0.25, 0.3) is 16.5 Å². The Morgan fingerprint density at radius 3 is 2.75 bits per heavy atom. The van der Waals surface area contributed by atoms with Crippen LogP contribution in [0.5, 0.6) is 0 Å². The van der Waals surface area contributed by atoms with Crippen molar-refractivity contribution in [2.45, 2.75) is 80.6 Å². The number of fused-ring (bicyclic) bond motifs is 2. The molecule has 8 unspecified atom stereocenters. The molecule has 2 bridgehead atoms. The SMILES string of the molecule is CN(C)C1CC23CCC4(O2)C2CC=C(c5ccc6ccnnc6c5)C2(C)CCC4(F)C=C3C(O)C1O. The molecule has 2 spiro atoms. The van der Waals surface area contributed by atoms with Crippen LogP contribution < -0.4 is 0 Å². The fraction of sp³-hybridized carbons (Fsp3) is 0.586. The number of benzene rings is 1. The maximum Gasteiger partial charge on any atom is 0.158 e. The summed E-state index contributed by atoms with van der Waals surface area (Å²) in [6, 6.07) is 8.06. The lowest BCUT2D eigenvalue weighted by Crippen LogP contribution is -2.68. The third-order valence-electron chi connectivity index (χ3n) is 10.5. The van der Waals surface area contributed by atoms with E-state index in [1.807, 2.05) is 25.1 Å². The minimum atomic E-state index is -1.66. The van der Waals surface area contributed by atoms with Gasteiger partial charge in [0.05, 0.1) is 23.4 Å². The van der Waals surface area contributed by atoms with E-state index in [0.717, 1.165) is 22.9 Å². The molecule has 7 heteroatoms. The highest BCUT2D eigenvalue weighted by molar-refractivity contribution is 5.84. The molecule has 1 aromatic carbocycles. The molecule has 5 aliphatic rings. The van der Waals surface area contributed by atoms with Gasteiger partial charge >= 0.3 is 0 Å². The monoisotopic (exact) mass is 491 g/mol. The molecule has 1 saturated heterocycles. The maximum atomic E-state index is 17.1.